The van der Waals surface area contributed by atoms with Crippen LogP contribution in [0.25, 0.3) is 0 Å². The summed E-state index contributed by atoms with van der Waals surface area (Å²) in [4.78, 5) is 6.26. The minimum atomic E-state index is -0.00216. The van der Waals surface area contributed by atoms with Crippen molar-refractivity contribution >= 4 is 5.69 Å². The number of pyridine rings is 1. The van der Waals surface area contributed by atoms with E-state index >= 15 is 0 Å². The van der Waals surface area contributed by atoms with E-state index in [1.165, 1.54) is 12.8 Å². The van der Waals surface area contributed by atoms with Gasteiger partial charge in [-0.3, -0.25) is 4.98 Å². The second kappa shape index (κ2) is 5.98. The molecule has 1 aliphatic rings. The van der Waals surface area contributed by atoms with E-state index in [4.69, 9.17) is 0 Å². The third-order valence-corrected chi connectivity index (χ3v) is 3.45. The average Bonchev–Trinajstić information content (AvgIpc) is 2.63. The number of aliphatic hydroxyl groups excluding tert-OH is 2. The van der Waals surface area contributed by atoms with Crippen LogP contribution in [0.2, 0.25) is 0 Å². The summed E-state index contributed by atoms with van der Waals surface area (Å²) < 4.78 is 0. The van der Waals surface area contributed by atoms with Crippen molar-refractivity contribution in [2.75, 3.05) is 18.1 Å². The number of hydrogen-bond acceptors (Lipinski definition) is 4. The second-order valence-corrected chi connectivity index (χ2v) is 4.54. The minimum absolute atomic E-state index is 0.00216. The van der Waals surface area contributed by atoms with E-state index in [-0.39, 0.29) is 19.3 Å². The lowest BCUT2D eigenvalue weighted by Gasteiger charge is -2.32. The molecule has 1 aromatic heterocycles. The zero-order chi connectivity index (χ0) is 12.1. The summed E-state index contributed by atoms with van der Waals surface area (Å²) in [5.74, 6) is 0. The number of aromatic nitrogens is 1. The lowest BCUT2D eigenvalue weighted by atomic mass is 10.1. The van der Waals surface area contributed by atoms with Crippen molar-refractivity contribution in [2.24, 2.45) is 0 Å². The van der Waals surface area contributed by atoms with E-state index in [0.717, 1.165) is 30.6 Å². The lowest BCUT2D eigenvalue weighted by molar-refractivity contribution is 0.253. The maximum absolute atomic E-state index is 9.49. The largest absolute Gasteiger partial charge is 0.394 e. The van der Waals surface area contributed by atoms with E-state index in [1.54, 1.807) is 12.4 Å². The molecule has 1 fully saturated rings. The van der Waals surface area contributed by atoms with Crippen LogP contribution in [0.4, 0.5) is 5.69 Å². The molecule has 2 rings (SSSR count). The van der Waals surface area contributed by atoms with Crippen molar-refractivity contribution < 1.29 is 10.2 Å². The Morgan fingerprint density at radius 3 is 2.94 bits per heavy atom. The molecule has 1 aromatic rings. The van der Waals surface area contributed by atoms with E-state index in [1.807, 2.05) is 6.07 Å². The first-order valence-electron chi connectivity index (χ1n) is 6.28. The fourth-order valence-electron chi connectivity index (χ4n) is 2.51. The molecule has 94 valence electrons. The van der Waals surface area contributed by atoms with Crippen molar-refractivity contribution in [3.63, 3.8) is 0 Å². The molecule has 0 saturated carbocycles. The van der Waals surface area contributed by atoms with Crippen molar-refractivity contribution in [2.45, 2.75) is 38.3 Å². The summed E-state index contributed by atoms with van der Waals surface area (Å²) in [5, 5.41) is 18.8. The van der Waals surface area contributed by atoms with Crippen LogP contribution in [0.3, 0.4) is 0 Å². The van der Waals surface area contributed by atoms with Gasteiger partial charge in [-0.15, -0.1) is 0 Å². The molecule has 1 aliphatic heterocycles. The third kappa shape index (κ3) is 2.76. The average molecular weight is 236 g/mol. The Kier molecular flexibility index (Phi) is 4.34. The molecule has 2 heterocycles. The summed E-state index contributed by atoms with van der Waals surface area (Å²) in [6.45, 7) is 1.12. The molecule has 0 aromatic carbocycles. The second-order valence-electron chi connectivity index (χ2n) is 4.54. The molecule has 0 radical (unpaired) electrons. The molecule has 0 bridgehead atoms. The highest BCUT2D eigenvalue weighted by molar-refractivity contribution is 5.53. The SMILES string of the molecule is OCc1cnccc1N1CCCCCC1CO. The van der Waals surface area contributed by atoms with Gasteiger partial charge in [-0.1, -0.05) is 12.8 Å². The summed E-state index contributed by atoms with van der Waals surface area (Å²) in [5.41, 5.74) is 1.86. The Morgan fingerprint density at radius 1 is 1.29 bits per heavy atom. The van der Waals surface area contributed by atoms with E-state index in [2.05, 4.69) is 9.88 Å². The van der Waals surface area contributed by atoms with Gasteiger partial charge in [0.25, 0.3) is 0 Å². The fourth-order valence-corrected chi connectivity index (χ4v) is 2.51. The van der Waals surface area contributed by atoms with Crippen LogP contribution in [0.15, 0.2) is 18.5 Å². The monoisotopic (exact) mass is 236 g/mol. The van der Waals surface area contributed by atoms with Crippen molar-refractivity contribution in [3.05, 3.63) is 24.0 Å². The molecular weight excluding hydrogens is 216 g/mol. The van der Waals surface area contributed by atoms with Crippen molar-refractivity contribution in [1.29, 1.82) is 0 Å². The van der Waals surface area contributed by atoms with Crippen LogP contribution >= 0.6 is 0 Å². The van der Waals surface area contributed by atoms with Crippen LogP contribution < -0.4 is 4.90 Å². The van der Waals surface area contributed by atoms with Gasteiger partial charge >= 0.3 is 0 Å². The van der Waals surface area contributed by atoms with Crippen LogP contribution in [0, 0.1) is 0 Å². The molecule has 4 heteroatoms. The van der Waals surface area contributed by atoms with Gasteiger partial charge in [0, 0.05) is 30.2 Å². The Balaban J connectivity index is 2.28. The number of nitrogens with zero attached hydrogens (tertiary/aromatic N) is 2. The highest BCUT2D eigenvalue weighted by Crippen LogP contribution is 2.26. The van der Waals surface area contributed by atoms with Gasteiger partial charge in [0.05, 0.1) is 19.3 Å². The van der Waals surface area contributed by atoms with Gasteiger partial charge in [-0.25, -0.2) is 0 Å². The summed E-state index contributed by atoms with van der Waals surface area (Å²) in [7, 11) is 0. The zero-order valence-corrected chi connectivity index (χ0v) is 10.0. The maximum atomic E-state index is 9.49. The van der Waals surface area contributed by atoms with Crippen molar-refractivity contribution in [1.82, 2.24) is 4.98 Å². The fraction of sp³-hybridized carbons (Fsp3) is 0.615. The van der Waals surface area contributed by atoms with Gasteiger partial charge in [-0.2, -0.15) is 0 Å². The predicted octanol–water partition coefficient (Wildman–Crippen LogP) is 1.32. The van der Waals surface area contributed by atoms with Crippen LogP contribution in [0.1, 0.15) is 31.2 Å². The molecule has 2 N–H and O–H groups in total. The molecule has 1 saturated heterocycles. The van der Waals surface area contributed by atoms with E-state index in [0.29, 0.717) is 0 Å². The molecule has 1 unspecified atom stereocenters. The van der Waals surface area contributed by atoms with Crippen LogP contribution in [-0.4, -0.2) is 34.4 Å². The predicted molar refractivity (Wildman–Crippen MR) is 66.8 cm³/mol. The number of rotatable bonds is 3. The van der Waals surface area contributed by atoms with E-state index < -0.39 is 0 Å². The quantitative estimate of drug-likeness (QED) is 0.831. The normalized spacial score (nSPS) is 21.3. The number of hydrogen-bond donors (Lipinski definition) is 2. The smallest absolute Gasteiger partial charge is 0.0717 e. The molecular formula is C13H20N2O2. The Morgan fingerprint density at radius 2 is 2.18 bits per heavy atom. The molecule has 0 aliphatic carbocycles. The number of aliphatic hydroxyl groups is 2. The maximum Gasteiger partial charge on any atom is 0.0717 e. The Labute approximate surface area is 102 Å². The standard InChI is InChI=1S/C13H20N2O2/c16-9-11-8-14-6-5-13(11)15-7-3-1-2-4-12(15)10-17/h5-6,8,12,16-17H,1-4,7,9-10H2. The Hall–Kier alpha value is -1.13. The molecule has 0 spiro atoms. The first kappa shape index (κ1) is 12.3. The van der Waals surface area contributed by atoms with Gasteiger partial charge in [0.15, 0.2) is 0 Å². The highest BCUT2D eigenvalue weighted by Gasteiger charge is 2.22. The lowest BCUT2D eigenvalue weighted by Crippen LogP contribution is -2.38. The first-order chi connectivity index (χ1) is 8.36. The summed E-state index contributed by atoms with van der Waals surface area (Å²) >= 11 is 0. The Bertz CT molecular complexity index is 357. The van der Waals surface area contributed by atoms with Crippen LogP contribution in [0.5, 0.6) is 0 Å². The van der Waals surface area contributed by atoms with Gasteiger partial charge in [0.2, 0.25) is 0 Å². The highest BCUT2D eigenvalue weighted by atomic mass is 16.3. The van der Waals surface area contributed by atoms with Crippen molar-refractivity contribution in [3.8, 4) is 0 Å². The molecule has 4 nitrogen and oxygen atoms in total. The molecule has 17 heavy (non-hydrogen) atoms. The minimum Gasteiger partial charge on any atom is -0.394 e. The van der Waals surface area contributed by atoms with Crippen LogP contribution in [-0.2, 0) is 6.61 Å². The topological polar surface area (TPSA) is 56.6 Å². The molecule has 1 atom stereocenters. The third-order valence-electron chi connectivity index (χ3n) is 3.45. The molecule has 0 amide bonds. The zero-order valence-electron chi connectivity index (χ0n) is 10.0. The summed E-state index contributed by atoms with van der Waals surface area (Å²) in [6.07, 6.45) is 7.99. The van der Waals surface area contributed by atoms with E-state index in [9.17, 15) is 10.2 Å². The number of anilines is 1. The van der Waals surface area contributed by atoms with Gasteiger partial charge in [-0.05, 0) is 18.9 Å². The van der Waals surface area contributed by atoms with Gasteiger partial charge < -0.3 is 15.1 Å². The first-order valence-corrected chi connectivity index (χ1v) is 6.28. The summed E-state index contributed by atoms with van der Waals surface area (Å²) in [6, 6.07) is 2.10. The van der Waals surface area contributed by atoms with Gasteiger partial charge in [0.1, 0.15) is 0 Å².